The van der Waals surface area contributed by atoms with Crippen LogP contribution in [0.3, 0.4) is 0 Å². The van der Waals surface area contributed by atoms with Gasteiger partial charge in [0.05, 0.1) is 18.1 Å². The van der Waals surface area contributed by atoms with Crippen molar-refractivity contribution in [1.29, 1.82) is 0 Å². The zero-order valence-electron chi connectivity index (χ0n) is 15.1. The number of carbonyl (C=O) groups is 1. The van der Waals surface area contributed by atoms with E-state index in [1.54, 1.807) is 6.26 Å². The van der Waals surface area contributed by atoms with Gasteiger partial charge in [-0.1, -0.05) is 35.5 Å². The van der Waals surface area contributed by atoms with Gasteiger partial charge in [0.15, 0.2) is 11.0 Å². The minimum Gasteiger partial charge on any atom is -0.467 e. The summed E-state index contributed by atoms with van der Waals surface area (Å²) in [7, 11) is 0. The first-order valence-electron chi connectivity index (χ1n) is 8.55. The second-order valence-corrected chi connectivity index (χ2v) is 7.30. The van der Waals surface area contributed by atoms with Gasteiger partial charge in [-0.25, -0.2) is 0 Å². The molecular weight excluding hydrogens is 348 g/mol. The van der Waals surface area contributed by atoms with E-state index in [-0.39, 0.29) is 11.2 Å². The Bertz CT molecular complexity index is 874. The van der Waals surface area contributed by atoms with E-state index in [0.29, 0.717) is 18.2 Å². The second-order valence-electron chi connectivity index (χ2n) is 6.00. The highest BCUT2D eigenvalue weighted by atomic mass is 32.2. The smallest absolute Gasteiger partial charge is 0.233 e. The summed E-state index contributed by atoms with van der Waals surface area (Å²) in [6.45, 7) is 6.94. The molecule has 0 fully saturated rings. The molecule has 0 aliphatic rings. The minimum atomic E-state index is -0.264. The molecule has 26 heavy (non-hydrogen) atoms. The standard InChI is InChI=1S/C19H22N4O2S/c1-4-20-18(24)14(3)26-19-22-21-17(15-8-5-7-13(2)11-15)23(19)12-16-9-6-10-25-16/h5-11,14H,4,12H2,1-3H3,(H,20,24)/t14-/m1/s1. The van der Waals surface area contributed by atoms with Crippen LogP contribution in [0.1, 0.15) is 25.2 Å². The lowest BCUT2D eigenvalue weighted by atomic mass is 10.1. The summed E-state index contributed by atoms with van der Waals surface area (Å²) in [5.74, 6) is 1.56. The molecule has 6 nitrogen and oxygen atoms in total. The van der Waals surface area contributed by atoms with E-state index in [1.807, 2.05) is 55.7 Å². The monoisotopic (exact) mass is 370 g/mol. The zero-order valence-corrected chi connectivity index (χ0v) is 15.9. The maximum Gasteiger partial charge on any atom is 0.233 e. The van der Waals surface area contributed by atoms with Gasteiger partial charge >= 0.3 is 0 Å². The van der Waals surface area contributed by atoms with Crippen LogP contribution in [0.5, 0.6) is 0 Å². The summed E-state index contributed by atoms with van der Waals surface area (Å²) in [5, 5.41) is 12.0. The maximum atomic E-state index is 12.1. The first kappa shape index (κ1) is 18.3. The molecule has 0 saturated carbocycles. The number of aryl methyl sites for hydroxylation is 1. The number of benzene rings is 1. The highest BCUT2D eigenvalue weighted by Gasteiger charge is 2.21. The lowest BCUT2D eigenvalue weighted by Gasteiger charge is -2.12. The molecule has 2 heterocycles. The van der Waals surface area contributed by atoms with Crippen molar-refractivity contribution in [3.8, 4) is 11.4 Å². The lowest BCUT2D eigenvalue weighted by molar-refractivity contribution is -0.120. The zero-order chi connectivity index (χ0) is 18.5. The number of hydrogen-bond acceptors (Lipinski definition) is 5. The third-order valence-electron chi connectivity index (χ3n) is 3.89. The van der Waals surface area contributed by atoms with E-state index in [0.717, 1.165) is 22.7 Å². The molecule has 0 radical (unpaired) electrons. The van der Waals surface area contributed by atoms with Gasteiger partial charge in [-0.15, -0.1) is 10.2 Å². The Morgan fingerprint density at radius 3 is 2.85 bits per heavy atom. The summed E-state index contributed by atoms with van der Waals surface area (Å²) in [6.07, 6.45) is 1.65. The van der Waals surface area contributed by atoms with E-state index in [9.17, 15) is 4.79 Å². The van der Waals surface area contributed by atoms with Crippen molar-refractivity contribution >= 4 is 17.7 Å². The van der Waals surface area contributed by atoms with Crippen molar-refractivity contribution in [2.75, 3.05) is 6.54 Å². The summed E-state index contributed by atoms with van der Waals surface area (Å²) in [6, 6.07) is 11.9. The number of aromatic nitrogens is 3. The van der Waals surface area contributed by atoms with Gasteiger partial charge < -0.3 is 9.73 Å². The van der Waals surface area contributed by atoms with E-state index in [2.05, 4.69) is 21.6 Å². The van der Waals surface area contributed by atoms with Crippen molar-refractivity contribution in [2.45, 2.75) is 37.7 Å². The van der Waals surface area contributed by atoms with E-state index in [4.69, 9.17) is 4.42 Å². The van der Waals surface area contributed by atoms with Crippen molar-refractivity contribution in [2.24, 2.45) is 0 Å². The quantitative estimate of drug-likeness (QED) is 0.644. The van der Waals surface area contributed by atoms with Gasteiger partial charge in [0, 0.05) is 12.1 Å². The van der Waals surface area contributed by atoms with Crippen molar-refractivity contribution < 1.29 is 9.21 Å². The third-order valence-corrected chi connectivity index (χ3v) is 4.97. The van der Waals surface area contributed by atoms with Gasteiger partial charge in [-0.05, 0) is 39.0 Å². The summed E-state index contributed by atoms with van der Waals surface area (Å²) >= 11 is 1.40. The molecular formula is C19H22N4O2S. The Hall–Kier alpha value is -2.54. The molecule has 1 amide bonds. The first-order chi connectivity index (χ1) is 12.6. The molecule has 0 unspecified atom stereocenters. The van der Waals surface area contributed by atoms with Crippen LogP contribution in [0.2, 0.25) is 0 Å². The molecule has 1 N–H and O–H groups in total. The Morgan fingerprint density at radius 2 is 2.15 bits per heavy atom. The van der Waals surface area contributed by atoms with E-state index >= 15 is 0 Å². The van der Waals surface area contributed by atoms with Crippen molar-refractivity contribution in [3.63, 3.8) is 0 Å². The number of hydrogen-bond donors (Lipinski definition) is 1. The third kappa shape index (κ3) is 4.16. The highest BCUT2D eigenvalue weighted by Crippen LogP contribution is 2.28. The van der Waals surface area contributed by atoms with Crippen molar-refractivity contribution in [3.05, 3.63) is 54.0 Å². The number of nitrogens with one attached hydrogen (secondary N) is 1. The Labute approximate surface area is 157 Å². The first-order valence-corrected chi connectivity index (χ1v) is 9.43. The van der Waals surface area contributed by atoms with Gasteiger partial charge in [-0.2, -0.15) is 0 Å². The number of rotatable bonds is 7. The van der Waals surface area contributed by atoms with Gasteiger partial charge in [0.1, 0.15) is 5.76 Å². The summed E-state index contributed by atoms with van der Waals surface area (Å²) < 4.78 is 7.50. The summed E-state index contributed by atoms with van der Waals surface area (Å²) in [5.41, 5.74) is 2.14. The molecule has 7 heteroatoms. The molecule has 1 aromatic carbocycles. The molecule has 3 aromatic rings. The maximum absolute atomic E-state index is 12.1. The van der Waals surface area contributed by atoms with Crippen LogP contribution in [-0.4, -0.2) is 32.5 Å². The van der Waals surface area contributed by atoms with Crippen molar-refractivity contribution in [1.82, 2.24) is 20.1 Å². The second kappa shape index (κ2) is 8.23. The average Bonchev–Trinajstić information content (AvgIpc) is 3.26. The highest BCUT2D eigenvalue weighted by molar-refractivity contribution is 8.00. The van der Waals surface area contributed by atoms with Crippen LogP contribution in [-0.2, 0) is 11.3 Å². The molecule has 1 atom stereocenters. The normalized spacial score (nSPS) is 12.1. The fourth-order valence-corrected chi connectivity index (χ4v) is 3.48. The van der Waals surface area contributed by atoms with E-state index < -0.39 is 0 Å². The van der Waals surface area contributed by atoms with Gasteiger partial charge in [-0.3, -0.25) is 9.36 Å². The predicted molar refractivity (Wildman–Crippen MR) is 102 cm³/mol. The van der Waals surface area contributed by atoms with Crippen LogP contribution in [0.15, 0.2) is 52.2 Å². The molecule has 0 saturated heterocycles. The fourth-order valence-electron chi connectivity index (χ4n) is 2.60. The van der Waals surface area contributed by atoms with Crippen LogP contribution >= 0.6 is 11.8 Å². The molecule has 0 bridgehead atoms. The van der Waals surface area contributed by atoms with Crippen LogP contribution < -0.4 is 5.32 Å². The topological polar surface area (TPSA) is 73.0 Å². The number of furan rings is 1. The van der Waals surface area contributed by atoms with Gasteiger partial charge in [0.2, 0.25) is 5.91 Å². The van der Waals surface area contributed by atoms with Crippen LogP contribution in [0, 0.1) is 6.92 Å². The average molecular weight is 370 g/mol. The Morgan fingerprint density at radius 1 is 1.31 bits per heavy atom. The predicted octanol–water partition coefficient (Wildman–Crippen LogP) is 3.51. The number of nitrogens with zero attached hydrogens (tertiary/aromatic N) is 3. The Balaban J connectivity index is 1.95. The molecule has 3 rings (SSSR count). The number of carbonyl (C=O) groups excluding carboxylic acids is 1. The Kier molecular flexibility index (Phi) is 5.78. The summed E-state index contributed by atoms with van der Waals surface area (Å²) in [4.78, 5) is 12.1. The van der Waals surface area contributed by atoms with Crippen LogP contribution in [0.25, 0.3) is 11.4 Å². The molecule has 0 spiro atoms. The SMILES string of the molecule is CCNC(=O)[C@@H](C)Sc1nnc(-c2cccc(C)c2)n1Cc1ccco1. The molecule has 0 aliphatic carbocycles. The number of amides is 1. The molecule has 0 aliphatic heterocycles. The largest absolute Gasteiger partial charge is 0.467 e. The molecule has 2 aromatic heterocycles. The number of thioether (sulfide) groups is 1. The fraction of sp³-hybridized carbons (Fsp3) is 0.316. The molecule has 136 valence electrons. The lowest BCUT2D eigenvalue weighted by Crippen LogP contribution is -2.30. The van der Waals surface area contributed by atoms with E-state index in [1.165, 1.54) is 11.8 Å². The minimum absolute atomic E-state index is 0.0119. The van der Waals surface area contributed by atoms with Gasteiger partial charge in [0.25, 0.3) is 0 Å². The van der Waals surface area contributed by atoms with Crippen LogP contribution in [0.4, 0.5) is 0 Å².